The van der Waals surface area contributed by atoms with Crippen LogP contribution >= 0.6 is 0 Å². The molecule has 1 atom stereocenters. The quantitative estimate of drug-likeness (QED) is 0.851. The number of hydrogen-bond donors (Lipinski definition) is 1. The topological polar surface area (TPSA) is 21.3 Å². The van der Waals surface area contributed by atoms with Gasteiger partial charge in [0.2, 0.25) is 0 Å². The van der Waals surface area contributed by atoms with E-state index < -0.39 is 0 Å². The number of aryl methyl sites for hydroxylation is 1. The Kier molecular flexibility index (Phi) is 2.73. The van der Waals surface area contributed by atoms with Gasteiger partial charge in [-0.1, -0.05) is 36.4 Å². The summed E-state index contributed by atoms with van der Waals surface area (Å²) in [6.07, 6.45) is 2.52. The summed E-state index contributed by atoms with van der Waals surface area (Å²) in [6.45, 7) is 0.919. The van der Waals surface area contributed by atoms with E-state index in [2.05, 4.69) is 41.7 Å². The lowest BCUT2D eigenvalue weighted by Gasteiger charge is -2.27. The van der Waals surface area contributed by atoms with Crippen LogP contribution in [0.3, 0.4) is 0 Å². The number of benzene rings is 2. The molecular weight excluding hydrogens is 210 g/mol. The molecule has 1 heterocycles. The molecule has 0 radical (unpaired) electrons. The maximum absolute atomic E-state index is 6.12. The number of ether oxygens (including phenoxy) is 1. The largest absolute Gasteiger partial charge is 0.488 e. The molecule has 88 valence electrons. The minimum atomic E-state index is 0.304. The van der Waals surface area contributed by atoms with Crippen molar-refractivity contribution in [2.24, 2.45) is 0 Å². The lowest BCUT2D eigenvalue weighted by molar-refractivity contribution is 0.176. The zero-order valence-corrected chi connectivity index (χ0v) is 10.1. The van der Waals surface area contributed by atoms with Gasteiger partial charge >= 0.3 is 0 Å². The molecular formula is C15H17NO. The summed E-state index contributed by atoms with van der Waals surface area (Å²) in [6, 6.07) is 12.8. The van der Waals surface area contributed by atoms with E-state index in [1.54, 1.807) is 0 Å². The van der Waals surface area contributed by atoms with Gasteiger partial charge in [-0.15, -0.1) is 0 Å². The molecule has 0 bridgehead atoms. The highest BCUT2D eigenvalue weighted by atomic mass is 16.5. The lowest BCUT2D eigenvalue weighted by Crippen LogP contribution is -2.32. The van der Waals surface area contributed by atoms with Crippen LogP contribution in [0.4, 0.5) is 0 Å². The Morgan fingerprint density at radius 1 is 1.24 bits per heavy atom. The molecule has 1 aliphatic rings. The van der Waals surface area contributed by atoms with Crippen molar-refractivity contribution in [3.8, 4) is 5.75 Å². The molecule has 0 saturated heterocycles. The van der Waals surface area contributed by atoms with E-state index >= 15 is 0 Å². The first-order valence-corrected chi connectivity index (χ1v) is 6.20. The van der Waals surface area contributed by atoms with E-state index in [1.165, 1.54) is 16.3 Å². The van der Waals surface area contributed by atoms with Gasteiger partial charge in [-0.2, -0.15) is 0 Å². The summed E-state index contributed by atoms with van der Waals surface area (Å²) in [7, 11) is 1.97. The van der Waals surface area contributed by atoms with Crippen molar-refractivity contribution in [2.45, 2.75) is 18.9 Å². The van der Waals surface area contributed by atoms with E-state index in [4.69, 9.17) is 4.74 Å². The minimum Gasteiger partial charge on any atom is -0.488 e. The molecule has 2 heteroatoms. The second kappa shape index (κ2) is 4.38. The molecule has 2 aromatic carbocycles. The van der Waals surface area contributed by atoms with Gasteiger partial charge in [-0.3, -0.25) is 0 Å². The molecule has 0 aromatic heterocycles. The molecule has 3 rings (SSSR count). The zero-order chi connectivity index (χ0) is 11.7. The van der Waals surface area contributed by atoms with Gasteiger partial charge in [0, 0.05) is 11.9 Å². The number of nitrogens with one attached hydrogen (secondary N) is 1. The van der Waals surface area contributed by atoms with Crippen LogP contribution in [0.1, 0.15) is 12.0 Å². The van der Waals surface area contributed by atoms with Crippen LogP contribution in [0.15, 0.2) is 36.4 Å². The molecule has 2 nitrogen and oxygen atoms in total. The summed E-state index contributed by atoms with van der Waals surface area (Å²) in [4.78, 5) is 0. The number of likely N-dealkylation sites (N-methyl/N-ethyl adjacent to an activating group) is 1. The molecule has 0 fully saturated rings. The van der Waals surface area contributed by atoms with Crippen molar-refractivity contribution in [2.75, 3.05) is 13.6 Å². The number of rotatable bonds is 2. The average molecular weight is 227 g/mol. The summed E-state index contributed by atoms with van der Waals surface area (Å²) in [5, 5.41) is 5.69. The van der Waals surface area contributed by atoms with Crippen molar-refractivity contribution < 1.29 is 4.74 Å². The van der Waals surface area contributed by atoms with Crippen LogP contribution in [-0.4, -0.2) is 19.7 Å². The second-order valence-electron chi connectivity index (χ2n) is 4.61. The highest BCUT2D eigenvalue weighted by molar-refractivity contribution is 5.89. The highest BCUT2D eigenvalue weighted by Gasteiger charge is 2.20. The van der Waals surface area contributed by atoms with Gasteiger partial charge in [-0.05, 0) is 30.8 Å². The van der Waals surface area contributed by atoms with Crippen molar-refractivity contribution >= 4 is 10.8 Å². The van der Waals surface area contributed by atoms with Gasteiger partial charge in [0.25, 0.3) is 0 Å². The van der Waals surface area contributed by atoms with Crippen molar-refractivity contribution in [1.29, 1.82) is 0 Å². The predicted molar refractivity (Wildman–Crippen MR) is 70.6 cm³/mol. The Labute approximate surface area is 102 Å². The Bertz CT molecular complexity index is 535. The fourth-order valence-corrected chi connectivity index (χ4v) is 2.54. The lowest BCUT2D eigenvalue weighted by atomic mass is 9.98. The van der Waals surface area contributed by atoms with E-state index in [0.717, 1.165) is 25.1 Å². The van der Waals surface area contributed by atoms with E-state index in [9.17, 15) is 0 Å². The van der Waals surface area contributed by atoms with Gasteiger partial charge in [0.15, 0.2) is 0 Å². The van der Waals surface area contributed by atoms with Gasteiger partial charge in [0.05, 0.1) is 0 Å². The zero-order valence-electron chi connectivity index (χ0n) is 10.1. The number of hydrogen-bond acceptors (Lipinski definition) is 2. The standard InChI is InChI=1S/C15H17NO/c1-16-10-13-9-8-12-7-6-11-4-2-3-5-14(11)15(12)17-13/h2-7,13,16H,8-10H2,1H3. The minimum absolute atomic E-state index is 0.304. The molecule has 1 aliphatic heterocycles. The normalized spacial score (nSPS) is 18.8. The third kappa shape index (κ3) is 1.89. The summed E-state index contributed by atoms with van der Waals surface area (Å²) in [5.41, 5.74) is 1.34. The fraction of sp³-hybridized carbons (Fsp3) is 0.333. The Hall–Kier alpha value is -1.54. The predicted octanol–water partition coefficient (Wildman–Crippen LogP) is 2.75. The second-order valence-corrected chi connectivity index (χ2v) is 4.61. The van der Waals surface area contributed by atoms with Crippen LogP contribution in [0.25, 0.3) is 10.8 Å². The summed E-state index contributed by atoms with van der Waals surface area (Å²) in [5.74, 6) is 1.09. The molecule has 17 heavy (non-hydrogen) atoms. The van der Waals surface area contributed by atoms with E-state index in [0.29, 0.717) is 6.10 Å². The Morgan fingerprint density at radius 2 is 2.12 bits per heavy atom. The molecule has 0 saturated carbocycles. The van der Waals surface area contributed by atoms with Crippen LogP contribution in [-0.2, 0) is 6.42 Å². The maximum atomic E-state index is 6.12. The number of fused-ring (bicyclic) bond motifs is 3. The monoisotopic (exact) mass is 227 g/mol. The fourth-order valence-electron chi connectivity index (χ4n) is 2.54. The SMILES string of the molecule is CNCC1CCc2ccc3ccccc3c2O1. The van der Waals surface area contributed by atoms with E-state index in [1.807, 2.05) is 7.05 Å². The average Bonchev–Trinajstić information content (AvgIpc) is 2.39. The molecule has 0 spiro atoms. The van der Waals surface area contributed by atoms with Gasteiger partial charge < -0.3 is 10.1 Å². The first-order chi connectivity index (χ1) is 8.38. The molecule has 1 N–H and O–H groups in total. The third-order valence-electron chi connectivity index (χ3n) is 3.41. The Balaban J connectivity index is 2.06. The van der Waals surface area contributed by atoms with Crippen molar-refractivity contribution in [3.05, 3.63) is 42.0 Å². The first kappa shape index (κ1) is 10.6. The van der Waals surface area contributed by atoms with Crippen molar-refractivity contribution in [1.82, 2.24) is 5.32 Å². The van der Waals surface area contributed by atoms with Crippen LogP contribution in [0, 0.1) is 0 Å². The molecule has 1 unspecified atom stereocenters. The molecule has 2 aromatic rings. The molecule has 0 aliphatic carbocycles. The smallest absolute Gasteiger partial charge is 0.130 e. The van der Waals surface area contributed by atoms with Crippen LogP contribution < -0.4 is 10.1 Å². The van der Waals surface area contributed by atoms with Crippen LogP contribution in [0.5, 0.6) is 5.75 Å². The van der Waals surface area contributed by atoms with Gasteiger partial charge in [0.1, 0.15) is 11.9 Å². The third-order valence-corrected chi connectivity index (χ3v) is 3.41. The summed E-state index contributed by atoms with van der Waals surface area (Å²) < 4.78 is 6.12. The first-order valence-electron chi connectivity index (χ1n) is 6.20. The van der Waals surface area contributed by atoms with E-state index in [-0.39, 0.29) is 0 Å². The van der Waals surface area contributed by atoms with Crippen molar-refractivity contribution in [3.63, 3.8) is 0 Å². The highest BCUT2D eigenvalue weighted by Crippen LogP contribution is 2.34. The van der Waals surface area contributed by atoms with Crippen LogP contribution in [0.2, 0.25) is 0 Å². The van der Waals surface area contributed by atoms with Gasteiger partial charge in [-0.25, -0.2) is 0 Å². The maximum Gasteiger partial charge on any atom is 0.130 e. The Morgan fingerprint density at radius 3 is 3.00 bits per heavy atom. The summed E-state index contributed by atoms with van der Waals surface area (Å²) >= 11 is 0. The molecule has 0 amide bonds.